The average molecular weight is 1050 g/mol. The van der Waals surface area contributed by atoms with Crippen LogP contribution in [-0.2, 0) is 61.9 Å². The molecule has 0 bridgehead atoms. The fraction of sp³-hybridized carbons (Fsp3) is 0.881. The van der Waals surface area contributed by atoms with Gasteiger partial charge in [0.25, 0.3) is 0 Å². The van der Waals surface area contributed by atoms with Gasteiger partial charge in [0, 0.05) is 37.5 Å². The molecule has 0 heterocycles. The van der Waals surface area contributed by atoms with E-state index in [4.69, 9.17) is 33.2 Å². The third kappa shape index (κ3) is 46.6. The van der Waals surface area contributed by atoms with Crippen LogP contribution in [0.25, 0.3) is 0 Å². The number of amides is 1. The minimum Gasteiger partial charge on any atom is -0.465 e. The molecule has 0 aromatic rings. The van der Waals surface area contributed by atoms with Crippen molar-refractivity contribution in [2.75, 3.05) is 52.7 Å². The van der Waals surface area contributed by atoms with Gasteiger partial charge < -0.3 is 38.1 Å². The van der Waals surface area contributed by atoms with Crippen molar-refractivity contribution >= 4 is 41.9 Å². The highest BCUT2D eigenvalue weighted by atomic mass is 16.6. The second-order valence-corrected chi connectivity index (χ2v) is 21.3. The molecule has 0 atom stereocenters. The first kappa shape index (κ1) is 70.1. The topological polar surface area (TPSA) is 187 Å². The average Bonchev–Trinajstić information content (AvgIpc) is 3.35. The maximum atomic E-state index is 13.3. The molecule has 15 heteroatoms. The van der Waals surface area contributed by atoms with Crippen molar-refractivity contribution in [2.45, 2.75) is 272 Å². The Morgan fingerprint density at radius 3 is 0.824 bits per heavy atom. The number of nitrogens with zero attached hydrogens (tertiary/aromatic N) is 1. The van der Waals surface area contributed by atoms with E-state index in [1.807, 2.05) is 0 Å². The zero-order chi connectivity index (χ0) is 54.9. The normalized spacial score (nSPS) is 11.4. The SMILES string of the molecule is CCCCCCCCCC(=O)OCC(COC(=O)CCCCCCCCC)CC(=O)OCCN(CCOC(=O)CC(COC(=O)CCCCCCCCC)COC(=O)CCCCCCCCC)C(=O)OC(C)(C)C. The first-order valence-electron chi connectivity index (χ1n) is 29.5. The molecule has 0 N–H and O–H groups in total. The van der Waals surface area contributed by atoms with Gasteiger partial charge in [-0.15, -0.1) is 0 Å². The molecule has 0 aliphatic carbocycles. The van der Waals surface area contributed by atoms with Crippen LogP contribution in [0.2, 0.25) is 0 Å². The van der Waals surface area contributed by atoms with Gasteiger partial charge in [-0.2, -0.15) is 0 Å². The molecule has 0 unspecified atom stereocenters. The molecule has 1 amide bonds. The van der Waals surface area contributed by atoms with Crippen LogP contribution in [-0.4, -0.2) is 105 Å². The van der Waals surface area contributed by atoms with Crippen molar-refractivity contribution in [2.24, 2.45) is 11.8 Å². The van der Waals surface area contributed by atoms with E-state index in [-0.39, 0.29) is 115 Å². The highest BCUT2D eigenvalue weighted by Crippen LogP contribution is 2.17. The van der Waals surface area contributed by atoms with E-state index in [9.17, 15) is 33.6 Å². The van der Waals surface area contributed by atoms with Crippen LogP contribution in [0.4, 0.5) is 4.79 Å². The Balaban J connectivity index is 5.50. The number of rotatable bonds is 50. The predicted molar refractivity (Wildman–Crippen MR) is 290 cm³/mol. The van der Waals surface area contributed by atoms with Gasteiger partial charge in [-0.25, -0.2) is 4.79 Å². The first-order chi connectivity index (χ1) is 35.6. The van der Waals surface area contributed by atoms with Gasteiger partial charge in [0.05, 0.1) is 52.4 Å². The smallest absolute Gasteiger partial charge is 0.410 e. The molecular weight excluding hydrogens is 947 g/mol. The Morgan fingerprint density at radius 1 is 0.338 bits per heavy atom. The number of ether oxygens (including phenoxy) is 7. The predicted octanol–water partition coefficient (Wildman–Crippen LogP) is 14.1. The van der Waals surface area contributed by atoms with Crippen molar-refractivity contribution in [1.29, 1.82) is 0 Å². The van der Waals surface area contributed by atoms with E-state index in [1.54, 1.807) is 20.8 Å². The molecule has 74 heavy (non-hydrogen) atoms. The molecule has 15 nitrogen and oxygen atoms in total. The summed E-state index contributed by atoms with van der Waals surface area (Å²) < 4.78 is 38.9. The molecule has 0 rings (SSSR count). The lowest BCUT2D eigenvalue weighted by Gasteiger charge is -2.27. The summed E-state index contributed by atoms with van der Waals surface area (Å²) in [6, 6.07) is 0. The Labute approximate surface area is 449 Å². The fourth-order valence-corrected chi connectivity index (χ4v) is 8.12. The van der Waals surface area contributed by atoms with E-state index < -0.39 is 35.5 Å². The Morgan fingerprint density at radius 2 is 0.581 bits per heavy atom. The summed E-state index contributed by atoms with van der Waals surface area (Å²) in [6.07, 6.45) is 29.7. The second-order valence-electron chi connectivity index (χ2n) is 21.3. The highest BCUT2D eigenvalue weighted by molar-refractivity contribution is 5.73. The maximum Gasteiger partial charge on any atom is 0.410 e. The third-order valence-electron chi connectivity index (χ3n) is 12.7. The van der Waals surface area contributed by atoms with Gasteiger partial charge in [-0.3, -0.25) is 28.8 Å². The van der Waals surface area contributed by atoms with Crippen molar-refractivity contribution in [3.63, 3.8) is 0 Å². The summed E-state index contributed by atoms with van der Waals surface area (Å²) in [5.41, 5.74) is -0.848. The lowest BCUT2D eigenvalue weighted by Crippen LogP contribution is -2.41. The summed E-state index contributed by atoms with van der Waals surface area (Å²) in [4.78, 5) is 91.6. The summed E-state index contributed by atoms with van der Waals surface area (Å²) in [7, 11) is 0. The van der Waals surface area contributed by atoms with E-state index in [0.29, 0.717) is 25.7 Å². The van der Waals surface area contributed by atoms with E-state index in [0.717, 1.165) is 77.0 Å². The van der Waals surface area contributed by atoms with Crippen LogP contribution in [0.3, 0.4) is 0 Å². The van der Waals surface area contributed by atoms with Gasteiger partial charge in [0.15, 0.2) is 0 Å². The van der Waals surface area contributed by atoms with Crippen LogP contribution in [0.15, 0.2) is 0 Å². The molecule has 0 radical (unpaired) electrons. The number of hydrogen-bond donors (Lipinski definition) is 0. The molecule has 0 fully saturated rings. The number of unbranched alkanes of at least 4 members (excludes halogenated alkanes) is 24. The standard InChI is InChI=1S/C59H107NO14/c1-8-12-16-20-24-28-32-36-52(61)70-46-50(47-71-53(62)37-33-29-25-21-17-13-9-2)44-56(65)68-42-40-60(58(67)74-59(5,6)7)41-43-69-57(66)45-51(48-72-54(63)38-34-30-26-22-18-14-10-3)49-73-55(64)39-35-31-27-23-19-15-11-4/h50-51H,8-49H2,1-7H3. The van der Waals surface area contributed by atoms with Crippen LogP contribution in [0, 0.1) is 11.8 Å². The van der Waals surface area contributed by atoms with Gasteiger partial charge in [-0.05, 0) is 46.5 Å². The summed E-state index contributed by atoms with van der Waals surface area (Å²) >= 11 is 0. The number of esters is 6. The van der Waals surface area contributed by atoms with Crippen molar-refractivity contribution in [3.8, 4) is 0 Å². The molecule has 0 aromatic carbocycles. The molecule has 432 valence electrons. The molecule has 0 aliphatic heterocycles. The molecule has 0 aromatic heterocycles. The van der Waals surface area contributed by atoms with Crippen LogP contribution in [0.1, 0.15) is 267 Å². The number of hydrogen-bond acceptors (Lipinski definition) is 14. The van der Waals surface area contributed by atoms with E-state index in [2.05, 4.69) is 27.7 Å². The minimum atomic E-state index is -0.848. The minimum absolute atomic E-state index is 0.0876. The molecular formula is C59H107NO14. The number of carbonyl (C=O) groups excluding carboxylic acids is 7. The summed E-state index contributed by atoms with van der Waals surface area (Å²) in [5.74, 6) is -4.01. The van der Waals surface area contributed by atoms with Crippen LogP contribution >= 0.6 is 0 Å². The zero-order valence-corrected chi connectivity index (χ0v) is 48.0. The van der Waals surface area contributed by atoms with Gasteiger partial charge in [0.1, 0.15) is 18.8 Å². The first-order valence-corrected chi connectivity index (χ1v) is 29.5. The Kier molecular flexibility index (Phi) is 46.1. The fourth-order valence-electron chi connectivity index (χ4n) is 8.12. The molecule has 0 saturated heterocycles. The molecule has 0 aliphatic rings. The van der Waals surface area contributed by atoms with E-state index in [1.165, 1.54) is 81.9 Å². The van der Waals surface area contributed by atoms with Crippen LogP contribution < -0.4 is 0 Å². The lowest BCUT2D eigenvalue weighted by atomic mass is 10.1. The lowest BCUT2D eigenvalue weighted by molar-refractivity contribution is -0.155. The second kappa shape index (κ2) is 48.7. The largest absolute Gasteiger partial charge is 0.465 e. The third-order valence-corrected chi connectivity index (χ3v) is 12.7. The maximum absolute atomic E-state index is 13.3. The highest BCUT2D eigenvalue weighted by Gasteiger charge is 2.25. The summed E-state index contributed by atoms with van der Waals surface area (Å²) in [6.45, 7) is 12.8. The Bertz CT molecular complexity index is 1290. The van der Waals surface area contributed by atoms with Crippen LogP contribution in [0.5, 0.6) is 0 Å². The summed E-state index contributed by atoms with van der Waals surface area (Å²) in [5, 5.41) is 0. The van der Waals surface area contributed by atoms with Crippen molar-refractivity contribution < 1.29 is 66.7 Å². The monoisotopic (exact) mass is 1050 g/mol. The van der Waals surface area contributed by atoms with Gasteiger partial charge in [0.2, 0.25) is 0 Å². The van der Waals surface area contributed by atoms with Crippen molar-refractivity contribution in [3.05, 3.63) is 0 Å². The van der Waals surface area contributed by atoms with E-state index >= 15 is 0 Å². The Hall–Kier alpha value is -3.91. The van der Waals surface area contributed by atoms with Gasteiger partial charge >= 0.3 is 41.9 Å². The molecule has 0 spiro atoms. The zero-order valence-electron chi connectivity index (χ0n) is 48.0. The quantitative estimate of drug-likeness (QED) is 0.0318. The number of carbonyl (C=O) groups is 7. The molecule has 0 saturated carbocycles. The van der Waals surface area contributed by atoms with Crippen molar-refractivity contribution in [1.82, 2.24) is 4.90 Å². The van der Waals surface area contributed by atoms with Gasteiger partial charge in [-0.1, -0.05) is 182 Å².